The molecule has 0 aromatic carbocycles. The molecule has 0 spiro atoms. The molecular formula is C14H25N3. The molecule has 0 bridgehead atoms. The van der Waals surface area contributed by atoms with Gasteiger partial charge in [-0.05, 0) is 38.0 Å². The fourth-order valence-corrected chi connectivity index (χ4v) is 2.65. The molecule has 1 aliphatic rings. The first-order valence-electron chi connectivity index (χ1n) is 6.73. The van der Waals surface area contributed by atoms with Gasteiger partial charge >= 0.3 is 0 Å². The lowest BCUT2D eigenvalue weighted by atomic mass is 9.85. The van der Waals surface area contributed by atoms with Gasteiger partial charge < -0.3 is 5.32 Å². The second kappa shape index (κ2) is 4.71. The topological polar surface area (TPSA) is 29.9 Å². The summed E-state index contributed by atoms with van der Waals surface area (Å²) < 4.78 is 1.93. The standard InChI is InChI=1S/C14H25N3/c1-11-10-13(16-17(11)4)15-12-6-5-8-14(2,3)9-7-12/h10,12H,5-9H2,1-4H3,(H,15,16). The molecule has 1 atom stereocenters. The van der Waals surface area contributed by atoms with E-state index in [0.717, 1.165) is 5.82 Å². The number of nitrogens with one attached hydrogen (secondary N) is 1. The van der Waals surface area contributed by atoms with E-state index in [2.05, 4.69) is 37.3 Å². The third-order valence-electron chi connectivity index (χ3n) is 4.04. The molecule has 96 valence electrons. The number of aryl methyl sites for hydroxylation is 2. The minimum atomic E-state index is 0.524. The van der Waals surface area contributed by atoms with E-state index in [1.807, 2.05) is 11.7 Å². The highest BCUT2D eigenvalue weighted by molar-refractivity contribution is 5.36. The van der Waals surface area contributed by atoms with Crippen LogP contribution < -0.4 is 5.32 Å². The third-order valence-corrected chi connectivity index (χ3v) is 4.04. The van der Waals surface area contributed by atoms with Crippen molar-refractivity contribution < 1.29 is 0 Å². The second-order valence-corrected chi connectivity index (χ2v) is 6.23. The summed E-state index contributed by atoms with van der Waals surface area (Å²) in [4.78, 5) is 0. The van der Waals surface area contributed by atoms with Gasteiger partial charge in [0.2, 0.25) is 0 Å². The Labute approximate surface area is 105 Å². The number of aromatic nitrogens is 2. The molecule has 17 heavy (non-hydrogen) atoms. The molecule has 1 N–H and O–H groups in total. The van der Waals surface area contributed by atoms with Gasteiger partial charge in [-0.15, -0.1) is 0 Å². The smallest absolute Gasteiger partial charge is 0.148 e. The first kappa shape index (κ1) is 12.5. The van der Waals surface area contributed by atoms with Crippen LogP contribution >= 0.6 is 0 Å². The zero-order valence-corrected chi connectivity index (χ0v) is 11.6. The SMILES string of the molecule is Cc1cc(NC2CCCC(C)(C)CC2)nn1C. The predicted octanol–water partition coefficient (Wildman–Crippen LogP) is 3.50. The van der Waals surface area contributed by atoms with Crippen molar-refractivity contribution in [2.45, 2.75) is 58.9 Å². The van der Waals surface area contributed by atoms with E-state index >= 15 is 0 Å². The molecular weight excluding hydrogens is 210 g/mol. The molecule has 0 saturated heterocycles. The largest absolute Gasteiger partial charge is 0.366 e. The lowest BCUT2D eigenvalue weighted by molar-refractivity contribution is 0.313. The average molecular weight is 235 g/mol. The molecule has 1 unspecified atom stereocenters. The van der Waals surface area contributed by atoms with Gasteiger partial charge in [0.05, 0.1) is 0 Å². The number of hydrogen-bond donors (Lipinski definition) is 1. The maximum Gasteiger partial charge on any atom is 0.148 e. The maximum atomic E-state index is 4.48. The Morgan fingerprint density at radius 3 is 2.76 bits per heavy atom. The normalized spacial score (nSPS) is 24.4. The van der Waals surface area contributed by atoms with E-state index in [-0.39, 0.29) is 0 Å². The van der Waals surface area contributed by atoms with Gasteiger partial charge in [-0.25, -0.2) is 0 Å². The van der Waals surface area contributed by atoms with Crippen molar-refractivity contribution in [2.24, 2.45) is 12.5 Å². The Morgan fingerprint density at radius 1 is 1.35 bits per heavy atom. The quantitative estimate of drug-likeness (QED) is 0.795. The summed E-state index contributed by atoms with van der Waals surface area (Å²) in [5.74, 6) is 1.04. The van der Waals surface area contributed by atoms with Gasteiger partial charge in [0.15, 0.2) is 0 Å². The molecule has 1 aliphatic carbocycles. The molecule has 2 rings (SSSR count). The summed E-state index contributed by atoms with van der Waals surface area (Å²) in [6.45, 7) is 6.87. The number of anilines is 1. The molecule has 0 aliphatic heterocycles. The van der Waals surface area contributed by atoms with E-state index in [9.17, 15) is 0 Å². The Hall–Kier alpha value is -0.990. The summed E-state index contributed by atoms with van der Waals surface area (Å²) in [7, 11) is 2.00. The van der Waals surface area contributed by atoms with Crippen LogP contribution in [0, 0.1) is 12.3 Å². The Balaban J connectivity index is 1.95. The Kier molecular flexibility index (Phi) is 3.45. The minimum Gasteiger partial charge on any atom is -0.366 e. The fourth-order valence-electron chi connectivity index (χ4n) is 2.65. The molecule has 1 saturated carbocycles. The summed E-state index contributed by atoms with van der Waals surface area (Å²) >= 11 is 0. The number of hydrogen-bond acceptors (Lipinski definition) is 2. The lowest BCUT2D eigenvalue weighted by Crippen LogP contribution is -2.19. The van der Waals surface area contributed by atoms with Gasteiger partial charge in [-0.2, -0.15) is 5.10 Å². The van der Waals surface area contributed by atoms with Crippen LogP contribution in [0.3, 0.4) is 0 Å². The summed E-state index contributed by atoms with van der Waals surface area (Å²) in [6.07, 6.45) is 6.54. The van der Waals surface area contributed by atoms with Crippen LogP contribution in [0.1, 0.15) is 51.6 Å². The Bertz CT molecular complexity index is 359. The average Bonchev–Trinajstić information content (AvgIpc) is 2.44. The molecule has 0 radical (unpaired) electrons. The first-order chi connectivity index (χ1) is 7.96. The number of rotatable bonds is 2. The maximum absolute atomic E-state index is 4.48. The molecule has 1 fully saturated rings. The highest BCUT2D eigenvalue weighted by Gasteiger charge is 2.24. The van der Waals surface area contributed by atoms with Crippen molar-refractivity contribution in [2.75, 3.05) is 5.32 Å². The second-order valence-electron chi connectivity index (χ2n) is 6.23. The van der Waals surface area contributed by atoms with E-state index < -0.39 is 0 Å². The summed E-state index contributed by atoms with van der Waals surface area (Å²) in [5, 5.41) is 8.07. The van der Waals surface area contributed by atoms with E-state index in [0.29, 0.717) is 11.5 Å². The van der Waals surface area contributed by atoms with Gasteiger partial charge in [0.25, 0.3) is 0 Å². The predicted molar refractivity (Wildman–Crippen MR) is 72.2 cm³/mol. The van der Waals surface area contributed by atoms with Crippen LogP contribution in [0.15, 0.2) is 6.07 Å². The highest BCUT2D eigenvalue weighted by Crippen LogP contribution is 2.34. The van der Waals surface area contributed by atoms with Crippen LogP contribution in [-0.2, 0) is 7.05 Å². The van der Waals surface area contributed by atoms with Crippen LogP contribution in [0.4, 0.5) is 5.82 Å². The molecule has 3 nitrogen and oxygen atoms in total. The first-order valence-corrected chi connectivity index (χ1v) is 6.73. The van der Waals surface area contributed by atoms with Crippen LogP contribution in [-0.4, -0.2) is 15.8 Å². The molecule has 1 aromatic rings. The minimum absolute atomic E-state index is 0.524. The van der Waals surface area contributed by atoms with Crippen LogP contribution in [0.2, 0.25) is 0 Å². The summed E-state index contributed by atoms with van der Waals surface area (Å²) in [5.41, 5.74) is 1.73. The molecule has 0 amide bonds. The van der Waals surface area contributed by atoms with Crippen molar-refractivity contribution >= 4 is 5.82 Å². The Morgan fingerprint density at radius 2 is 2.12 bits per heavy atom. The van der Waals surface area contributed by atoms with Crippen LogP contribution in [0.5, 0.6) is 0 Å². The number of nitrogens with zero attached hydrogens (tertiary/aromatic N) is 2. The zero-order valence-electron chi connectivity index (χ0n) is 11.6. The van der Waals surface area contributed by atoms with Crippen molar-refractivity contribution in [1.82, 2.24) is 9.78 Å². The molecule has 3 heteroatoms. The van der Waals surface area contributed by atoms with Gasteiger partial charge in [-0.3, -0.25) is 4.68 Å². The van der Waals surface area contributed by atoms with Gasteiger partial charge in [0.1, 0.15) is 5.82 Å². The summed E-state index contributed by atoms with van der Waals surface area (Å²) in [6, 6.07) is 2.74. The van der Waals surface area contributed by atoms with Crippen molar-refractivity contribution in [1.29, 1.82) is 0 Å². The van der Waals surface area contributed by atoms with E-state index in [1.165, 1.54) is 37.8 Å². The molecule has 1 aromatic heterocycles. The third kappa shape index (κ3) is 3.24. The van der Waals surface area contributed by atoms with E-state index in [1.54, 1.807) is 0 Å². The van der Waals surface area contributed by atoms with Gasteiger partial charge in [0, 0.05) is 24.8 Å². The molecule has 1 heterocycles. The lowest BCUT2D eigenvalue weighted by Gasteiger charge is -2.22. The monoisotopic (exact) mass is 235 g/mol. The van der Waals surface area contributed by atoms with Crippen molar-refractivity contribution in [3.63, 3.8) is 0 Å². The van der Waals surface area contributed by atoms with E-state index in [4.69, 9.17) is 0 Å². The highest BCUT2D eigenvalue weighted by atomic mass is 15.3. The van der Waals surface area contributed by atoms with Crippen molar-refractivity contribution in [3.05, 3.63) is 11.8 Å². The van der Waals surface area contributed by atoms with Crippen molar-refractivity contribution in [3.8, 4) is 0 Å². The van der Waals surface area contributed by atoms with Gasteiger partial charge in [-0.1, -0.05) is 20.3 Å². The fraction of sp³-hybridized carbons (Fsp3) is 0.786. The zero-order chi connectivity index (χ0) is 12.5. The van der Waals surface area contributed by atoms with Crippen LogP contribution in [0.25, 0.3) is 0 Å².